The number of para-hydroxylation sites is 1. The fraction of sp³-hybridized carbons (Fsp3) is 0.200. The number of pyridine rings is 1. The van der Waals surface area contributed by atoms with Crippen LogP contribution in [0, 0.1) is 6.92 Å². The van der Waals surface area contributed by atoms with Crippen LogP contribution >= 0.6 is 0 Å². The maximum atomic E-state index is 12.4. The van der Waals surface area contributed by atoms with Gasteiger partial charge in [0.05, 0.1) is 0 Å². The lowest BCUT2D eigenvalue weighted by Crippen LogP contribution is -2.38. The van der Waals surface area contributed by atoms with Crippen LogP contribution in [-0.2, 0) is 9.59 Å². The monoisotopic (exact) mass is 390 g/mol. The van der Waals surface area contributed by atoms with Gasteiger partial charge in [0.25, 0.3) is 5.89 Å². The second-order valence-corrected chi connectivity index (χ2v) is 6.53. The van der Waals surface area contributed by atoms with Gasteiger partial charge in [0.15, 0.2) is 0 Å². The Kier molecular flexibility index (Phi) is 5.10. The number of aromatic nitrogens is 3. The van der Waals surface area contributed by atoms with Crippen LogP contribution in [0.4, 0.5) is 5.69 Å². The fourth-order valence-corrected chi connectivity index (χ4v) is 2.87. The van der Waals surface area contributed by atoms with E-state index in [9.17, 15) is 9.59 Å². The number of hydrogen-bond acceptors (Lipinski definition) is 7. The number of carbonyl (C=O) groups excluding carboxylic acids is 2. The van der Waals surface area contributed by atoms with E-state index in [1.165, 1.54) is 0 Å². The van der Waals surface area contributed by atoms with Gasteiger partial charge in [-0.25, -0.2) is 5.01 Å². The molecule has 0 saturated heterocycles. The van der Waals surface area contributed by atoms with Crippen molar-refractivity contribution < 1.29 is 14.1 Å². The van der Waals surface area contributed by atoms with Crippen LogP contribution in [0.25, 0.3) is 11.4 Å². The second kappa shape index (κ2) is 8.01. The summed E-state index contributed by atoms with van der Waals surface area (Å²) in [6, 6.07) is 11.0. The molecule has 0 bridgehead atoms. The first-order chi connectivity index (χ1) is 14.1. The highest BCUT2D eigenvalue weighted by Crippen LogP contribution is 2.19. The van der Waals surface area contributed by atoms with Gasteiger partial charge in [-0.15, -0.1) is 0 Å². The first kappa shape index (κ1) is 18.5. The van der Waals surface area contributed by atoms with Crippen molar-refractivity contribution >= 4 is 23.2 Å². The molecule has 1 N–H and O–H groups in total. The van der Waals surface area contributed by atoms with E-state index in [1.54, 1.807) is 24.5 Å². The number of benzene rings is 1. The summed E-state index contributed by atoms with van der Waals surface area (Å²) in [5.41, 5.74) is 2.81. The van der Waals surface area contributed by atoms with Crippen molar-refractivity contribution in [2.24, 2.45) is 5.10 Å². The summed E-state index contributed by atoms with van der Waals surface area (Å²) < 4.78 is 5.30. The minimum Gasteiger partial charge on any atom is -0.332 e. The van der Waals surface area contributed by atoms with Crippen molar-refractivity contribution in [3.63, 3.8) is 0 Å². The lowest BCUT2D eigenvalue weighted by molar-refractivity contribution is -0.135. The van der Waals surface area contributed by atoms with Gasteiger partial charge in [-0.2, -0.15) is 10.1 Å². The predicted molar refractivity (Wildman–Crippen MR) is 105 cm³/mol. The molecule has 9 nitrogen and oxygen atoms in total. The largest absolute Gasteiger partial charge is 0.332 e. The Labute approximate surface area is 166 Å². The Bertz CT molecular complexity index is 1080. The molecule has 9 heteroatoms. The zero-order valence-electron chi connectivity index (χ0n) is 15.7. The van der Waals surface area contributed by atoms with E-state index in [2.05, 4.69) is 25.5 Å². The third kappa shape index (κ3) is 4.18. The van der Waals surface area contributed by atoms with Gasteiger partial charge in [-0.3, -0.25) is 14.6 Å². The number of carbonyl (C=O) groups is 2. The Balaban J connectivity index is 1.49. The molecule has 0 unspecified atom stereocenters. The lowest BCUT2D eigenvalue weighted by Gasteiger charge is -2.22. The molecule has 0 fully saturated rings. The summed E-state index contributed by atoms with van der Waals surface area (Å²) in [7, 11) is 0. The van der Waals surface area contributed by atoms with Gasteiger partial charge in [-0.1, -0.05) is 23.4 Å². The Hall–Kier alpha value is -3.88. The third-order valence-corrected chi connectivity index (χ3v) is 4.41. The zero-order chi connectivity index (χ0) is 20.2. The SMILES string of the molecule is Cc1ccccc1NC(=O)CN1N=C(c2nc(-c3cccnc3)no2)CCC1=O. The van der Waals surface area contributed by atoms with Crippen molar-refractivity contribution in [2.75, 3.05) is 11.9 Å². The third-order valence-electron chi connectivity index (χ3n) is 4.41. The van der Waals surface area contributed by atoms with E-state index in [1.807, 2.05) is 31.2 Å². The number of nitrogens with zero attached hydrogens (tertiary/aromatic N) is 5. The number of anilines is 1. The molecule has 146 valence electrons. The number of hydrogen-bond donors (Lipinski definition) is 1. The molecular weight excluding hydrogens is 372 g/mol. The number of hydrazone groups is 1. The summed E-state index contributed by atoms with van der Waals surface area (Å²) in [5.74, 6) is 0.0390. The fourth-order valence-electron chi connectivity index (χ4n) is 2.87. The highest BCUT2D eigenvalue weighted by Gasteiger charge is 2.26. The molecule has 29 heavy (non-hydrogen) atoms. The summed E-state index contributed by atoms with van der Waals surface area (Å²) in [6.07, 6.45) is 3.86. The van der Waals surface area contributed by atoms with E-state index >= 15 is 0 Å². The van der Waals surface area contributed by atoms with Gasteiger partial charge < -0.3 is 9.84 Å². The second-order valence-electron chi connectivity index (χ2n) is 6.53. The molecule has 1 aromatic carbocycles. The van der Waals surface area contributed by atoms with Crippen molar-refractivity contribution in [1.82, 2.24) is 20.1 Å². The Morgan fingerprint density at radius 1 is 1.21 bits per heavy atom. The molecule has 0 radical (unpaired) electrons. The van der Waals surface area contributed by atoms with Crippen LogP contribution < -0.4 is 5.32 Å². The van der Waals surface area contributed by atoms with Gasteiger partial charge >= 0.3 is 0 Å². The summed E-state index contributed by atoms with van der Waals surface area (Å²) >= 11 is 0. The first-order valence-corrected chi connectivity index (χ1v) is 9.08. The van der Waals surface area contributed by atoms with E-state index in [-0.39, 0.29) is 30.7 Å². The summed E-state index contributed by atoms with van der Waals surface area (Å²) in [6.45, 7) is 1.70. The lowest BCUT2D eigenvalue weighted by atomic mass is 10.1. The highest BCUT2D eigenvalue weighted by atomic mass is 16.5. The van der Waals surface area contributed by atoms with Gasteiger partial charge in [-0.05, 0) is 30.7 Å². The molecule has 3 aromatic rings. The van der Waals surface area contributed by atoms with Crippen LogP contribution in [0.1, 0.15) is 24.3 Å². The maximum Gasteiger partial charge on any atom is 0.274 e. The minimum absolute atomic E-state index is 0.194. The molecule has 1 aliphatic heterocycles. The van der Waals surface area contributed by atoms with Crippen LogP contribution in [-0.4, -0.2) is 44.2 Å². The topological polar surface area (TPSA) is 114 Å². The summed E-state index contributed by atoms with van der Waals surface area (Å²) in [4.78, 5) is 33.0. The normalized spacial score (nSPS) is 13.9. The molecular formula is C20H18N6O3. The quantitative estimate of drug-likeness (QED) is 0.716. The average molecular weight is 390 g/mol. The molecule has 4 rings (SSSR count). The number of rotatable bonds is 5. The summed E-state index contributed by atoms with van der Waals surface area (Å²) in [5, 5.41) is 12.2. The van der Waals surface area contributed by atoms with Crippen LogP contribution in [0.5, 0.6) is 0 Å². The smallest absolute Gasteiger partial charge is 0.274 e. The van der Waals surface area contributed by atoms with E-state index in [4.69, 9.17) is 4.52 Å². The maximum absolute atomic E-state index is 12.4. The van der Waals surface area contributed by atoms with Gasteiger partial charge in [0.1, 0.15) is 12.3 Å². The zero-order valence-corrected chi connectivity index (χ0v) is 15.7. The molecule has 0 spiro atoms. The first-order valence-electron chi connectivity index (χ1n) is 9.08. The van der Waals surface area contributed by atoms with Crippen molar-refractivity contribution in [3.05, 3.63) is 60.2 Å². The van der Waals surface area contributed by atoms with E-state index in [0.717, 1.165) is 10.6 Å². The van der Waals surface area contributed by atoms with E-state index in [0.29, 0.717) is 29.2 Å². The van der Waals surface area contributed by atoms with Crippen LogP contribution in [0.15, 0.2) is 58.4 Å². The molecule has 2 amide bonds. The predicted octanol–water partition coefficient (Wildman–Crippen LogP) is 2.41. The molecule has 1 aliphatic rings. The highest BCUT2D eigenvalue weighted by molar-refractivity contribution is 6.02. The number of aryl methyl sites for hydroxylation is 1. The van der Waals surface area contributed by atoms with Crippen LogP contribution in [0.2, 0.25) is 0 Å². The van der Waals surface area contributed by atoms with Crippen molar-refractivity contribution in [1.29, 1.82) is 0 Å². The molecule has 0 aliphatic carbocycles. The minimum atomic E-state index is -0.334. The molecule has 0 atom stereocenters. The Morgan fingerprint density at radius 2 is 2.07 bits per heavy atom. The van der Waals surface area contributed by atoms with Crippen molar-refractivity contribution in [2.45, 2.75) is 19.8 Å². The number of amides is 2. The molecule has 0 saturated carbocycles. The van der Waals surface area contributed by atoms with E-state index < -0.39 is 0 Å². The van der Waals surface area contributed by atoms with Crippen LogP contribution in [0.3, 0.4) is 0 Å². The standard InChI is InChI=1S/C20H18N6O3/c1-13-5-2-3-7-15(13)22-17(27)12-26-18(28)9-8-16(24-26)20-23-19(25-29-20)14-6-4-10-21-11-14/h2-7,10-11H,8-9,12H2,1H3,(H,22,27). The Morgan fingerprint density at radius 3 is 2.86 bits per heavy atom. The molecule has 2 aromatic heterocycles. The number of nitrogens with one attached hydrogen (secondary N) is 1. The van der Waals surface area contributed by atoms with Gasteiger partial charge in [0.2, 0.25) is 17.6 Å². The van der Waals surface area contributed by atoms with Crippen molar-refractivity contribution in [3.8, 4) is 11.4 Å². The van der Waals surface area contributed by atoms with Gasteiger partial charge in [0, 0.05) is 36.5 Å². The average Bonchev–Trinajstić information content (AvgIpc) is 3.22. The molecule has 3 heterocycles.